The highest BCUT2D eigenvalue weighted by Crippen LogP contribution is 2.27. The Bertz CT molecular complexity index is 982. The summed E-state index contributed by atoms with van der Waals surface area (Å²) in [5, 5.41) is 9.39. The van der Waals surface area contributed by atoms with E-state index in [4.69, 9.17) is 16.7 Å². The largest absolute Gasteiger partial charge is 0.478 e. The van der Waals surface area contributed by atoms with Gasteiger partial charge in [0.25, 0.3) is 10.0 Å². The van der Waals surface area contributed by atoms with Crippen LogP contribution in [0.4, 0.5) is 5.69 Å². The molecule has 1 aromatic carbocycles. The molecule has 0 aliphatic carbocycles. The van der Waals surface area contributed by atoms with Crippen molar-refractivity contribution in [2.75, 3.05) is 4.72 Å². The van der Waals surface area contributed by atoms with Crippen molar-refractivity contribution in [3.63, 3.8) is 0 Å². The van der Waals surface area contributed by atoms with Crippen LogP contribution in [0.3, 0.4) is 0 Å². The number of anilines is 1. The number of thiophene rings is 1. The third kappa shape index (κ3) is 5.10. The number of benzene rings is 1. The van der Waals surface area contributed by atoms with Gasteiger partial charge >= 0.3 is 5.97 Å². The van der Waals surface area contributed by atoms with Crippen LogP contribution in [0.15, 0.2) is 46.7 Å². The number of carboxylic acid groups (broad SMARTS) is 1. The molecular formula is C17H14ClNO4S2. The molecule has 0 aliphatic rings. The summed E-state index contributed by atoms with van der Waals surface area (Å²) in [6, 6.07) is 6.90. The molecule has 0 aliphatic heterocycles. The Morgan fingerprint density at radius 2 is 2.12 bits per heavy atom. The molecule has 0 spiro atoms. The molecule has 0 radical (unpaired) electrons. The van der Waals surface area contributed by atoms with Gasteiger partial charge in [0.15, 0.2) is 0 Å². The van der Waals surface area contributed by atoms with Gasteiger partial charge in [-0.05, 0) is 42.8 Å². The van der Waals surface area contributed by atoms with E-state index in [1.165, 1.54) is 24.3 Å². The molecule has 0 fully saturated rings. The highest BCUT2D eigenvalue weighted by molar-refractivity contribution is 7.94. The molecular weight excluding hydrogens is 382 g/mol. The summed E-state index contributed by atoms with van der Waals surface area (Å²) < 4.78 is 27.3. The number of halogens is 1. The summed E-state index contributed by atoms with van der Waals surface area (Å²) in [5.41, 5.74) is -0.277. The SMILES string of the molecule is CC/C=C/C#Cc1ccc(S(=O)(=O)Nc2cc(Cl)ccc2C(=O)O)s1. The molecule has 2 aromatic rings. The zero-order valence-electron chi connectivity index (χ0n) is 13.1. The van der Waals surface area contributed by atoms with Crippen LogP contribution in [0, 0.1) is 11.8 Å². The van der Waals surface area contributed by atoms with E-state index >= 15 is 0 Å². The molecule has 0 saturated carbocycles. The van der Waals surface area contributed by atoms with E-state index in [1.54, 1.807) is 12.1 Å². The lowest BCUT2D eigenvalue weighted by atomic mass is 10.2. The first kappa shape index (κ1) is 19.1. The van der Waals surface area contributed by atoms with E-state index in [2.05, 4.69) is 16.6 Å². The number of rotatable bonds is 5. The number of carboxylic acids is 1. The number of nitrogens with one attached hydrogen (secondary N) is 1. The molecule has 0 bridgehead atoms. The third-order valence-electron chi connectivity index (χ3n) is 2.93. The second-order valence-electron chi connectivity index (χ2n) is 4.80. The van der Waals surface area contributed by atoms with Gasteiger partial charge in [0, 0.05) is 5.02 Å². The van der Waals surface area contributed by atoms with Crippen molar-refractivity contribution in [3.05, 3.63) is 57.9 Å². The van der Waals surface area contributed by atoms with E-state index in [9.17, 15) is 13.2 Å². The summed E-state index contributed by atoms with van der Waals surface area (Å²) >= 11 is 6.83. The van der Waals surface area contributed by atoms with E-state index in [1.807, 2.05) is 13.0 Å². The van der Waals surface area contributed by atoms with Crippen LogP contribution in [0.5, 0.6) is 0 Å². The lowest BCUT2D eigenvalue weighted by Crippen LogP contribution is -2.14. The van der Waals surface area contributed by atoms with E-state index in [0.717, 1.165) is 17.8 Å². The van der Waals surface area contributed by atoms with Crippen molar-refractivity contribution in [1.29, 1.82) is 0 Å². The summed E-state index contributed by atoms with van der Waals surface area (Å²) in [7, 11) is -3.94. The van der Waals surface area contributed by atoms with Crippen molar-refractivity contribution in [1.82, 2.24) is 0 Å². The number of aromatic carboxylic acids is 1. The average molecular weight is 396 g/mol. The number of hydrogen-bond acceptors (Lipinski definition) is 4. The minimum atomic E-state index is -3.94. The fourth-order valence-electron chi connectivity index (χ4n) is 1.80. The average Bonchev–Trinajstić information content (AvgIpc) is 3.01. The summed E-state index contributed by atoms with van der Waals surface area (Å²) in [6.45, 7) is 1.99. The molecule has 25 heavy (non-hydrogen) atoms. The molecule has 130 valence electrons. The molecule has 2 N–H and O–H groups in total. The number of sulfonamides is 1. The lowest BCUT2D eigenvalue weighted by molar-refractivity contribution is 0.0698. The van der Waals surface area contributed by atoms with Crippen molar-refractivity contribution in [2.24, 2.45) is 0 Å². The van der Waals surface area contributed by atoms with Crippen molar-refractivity contribution < 1.29 is 18.3 Å². The normalized spacial score (nSPS) is 11.1. The van der Waals surface area contributed by atoms with E-state index in [-0.39, 0.29) is 20.5 Å². The lowest BCUT2D eigenvalue weighted by Gasteiger charge is -2.09. The molecule has 5 nitrogen and oxygen atoms in total. The molecule has 0 amide bonds. The molecule has 0 unspecified atom stereocenters. The first-order chi connectivity index (χ1) is 11.8. The Morgan fingerprint density at radius 1 is 1.36 bits per heavy atom. The van der Waals surface area contributed by atoms with Crippen LogP contribution in [-0.2, 0) is 10.0 Å². The Kier molecular flexibility index (Phi) is 6.26. The Labute approximate surface area is 155 Å². The van der Waals surface area contributed by atoms with Crippen molar-refractivity contribution >= 4 is 44.6 Å². The van der Waals surface area contributed by atoms with E-state index < -0.39 is 16.0 Å². The zero-order valence-corrected chi connectivity index (χ0v) is 15.5. The minimum Gasteiger partial charge on any atom is -0.478 e. The van der Waals surface area contributed by atoms with Crippen molar-refractivity contribution in [3.8, 4) is 11.8 Å². The number of hydrogen-bond donors (Lipinski definition) is 2. The van der Waals surface area contributed by atoms with Gasteiger partial charge in [0.1, 0.15) is 4.21 Å². The second-order valence-corrected chi connectivity index (χ2v) is 8.23. The summed E-state index contributed by atoms with van der Waals surface area (Å²) in [5.74, 6) is 4.41. The van der Waals surface area contributed by atoms with Gasteiger partial charge in [-0.15, -0.1) is 11.3 Å². The molecule has 1 aromatic heterocycles. The molecule has 1 heterocycles. The third-order valence-corrected chi connectivity index (χ3v) is 6.03. The Hall–Kier alpha value is -2.27. The molecule has 2 rings (SSSR count). The van der Waals surface area contributed by atoms with Crippen LogP contribution < -0.4 is 4.72 Å². The Morgan fingerprint density at radius 3 is 2.80 bits per heavy atom. The van der Waals surface area contributed by atoms with E-state index in [0.29, 0.717) is 4.88 Å². The fourth-order valence-corrected chi connectivity index (χ4v) is 4.21. The Balaban J connectivity index is 2.30. The van der Waals surface area contributed by atoms with Gasteiger partial charge in [0.2, 0.25) is 0 Å². The maximum Gasteiger partial charge on any atom is 0.337 e. The van der Waals surface area contributed by atoms with Crippen molar-refractivity contribution in [2.45, 2.75) is 17.6 Å². The summed E-state index contributed by atoms with van der Waals surface area (Å²) in [4.78, 5) is 11.8. The molecule has 8 heteroatoms. The van der Waals surface area contributed by atoms with Crippen LogP contribution in [0.2, 0.25) is 5.02 Å². The van der Waals surface area contributed by atoms with Gasteiger partial charge in [-0.2, -0.15) is 0 Å². The quantitative estimate of drug-likeness (QED) is 0.742. The minimum absolute atomic E-state index is 0.0348. The van der Waals surface area contributed by atoms with Crippen LogP contribution in [0.25, 0.3) is 0 Å². The van der Waals surface area contributed by atoms with Gasteiger partial charge in [-0.1, -0.05) is 36.4 Å². The van der Waals surface area contributed by atoms with Gasteiger partial charge in [-0.25, -0.2) is 13.2 Å². The molecule has 0 atom stereocenters. The fraction of sp³-hybridized carbons (Fsp3) is 0.118. The van der Waals surface area contributed by atoms with Crippen LogP contribution >= 0.6 is 22.9 Å². The highest BCUT2D eigenvalue weighted by Gasteiger charge is 2.20. The van der Waals surface area contributed by atoms with Gasteiger partial charge < -0.3 is 5.11 Å². The first-order valence-corrected chi connectivity index (χ1v) is 9.83. The number of carbonyl (C=O) groups is 1. The smallest absolute Gasteiger partial charge is 0.337 e. The van der Waals surface area contributed by atoms with Crippen LogP contribution in [0.1, 0.15) is 28.6 Å². The summed E-state index contributed by atoms with van der Waals surface area (Å²) in [6.07, 6.45) is 4.47. The maximum atomic E-state index is 12.5. The maximum absolute atomic E-state index is 12.5. The highest BCUT2D eigenvalue weighted by atomic mass is 35.5. The first-order valence-electron chi connectivity index (χ1n) is 7.15. The van der Waals surface area contributed by atoms with Gasteiger partial charge in [0.05, 0.1) is 16.1 Å². The molecule has 0 saturated heterocycles. The number of allylic oxidation sites excluding steroid dienone is 2. The monoisotopic (exact) mass is 395 g/mol. The second kappa shape index (κ2) is 8.21. The zero-order chi connectivity index (χ0) is 18.4. The predicted octanol–water partition coefficient (Wildman–Crippen LogP) is 4.22. The topological polar surface area (TPSA) is 83.5 Å². The van der Waals surface area contributed by atoms with Crippen LogP contribution in [-0.4, -0.2) is 19.5 Å². The van der Waals surface area contributed by atoms with Gasteiger partial charge in [-0.3, -0.25) is 4.72 Å². The predicted molar refractivity (Wildman–Crippen MR) is 99.8 cm³/mol. The standard InChI is InChI=1S/C17H14ClNO4S2/c1-2-3-4-5-6-13-8-10-16(24-13)25(22,23)19-15-11-12(18)7-9-14(15)17(20)21/h3-4,7-11,19H,2H2,1H3,(H,20,21)/b4-3+.